The molecule has 0 radical (unpaired) electrons. The SMILES string of the molecule is CCn1cnnc1C1CN(C(=O)Cc2ccccc2C)CC12CCCC2. The smallest absolute Gasteiger partial charge is 0.227 e. The zero-order chi connectivity index (χ0) is 18.1. The lowest BCUT2D eigenvalue weighted by atomic mass is 9.76. The van der Waals surface area contributed by atoms with Crippen LogP contribution in [-0.4, -0.2) is 38.7 Å². The van der Waals surface area contributed by atoms with Crippen LogP contribution in [0.3, 0.4) is 0 Å². The maximum Gasteiger partial charge on any atom is 0.227 e. The van der Waals surface area contributed by atoms with Crippen LogP contribution in [0.25, 0.3) is 0 Å². The fraction of sp³-hybridized carbons (Fsp3) is 0.571. The molecule has 1 aliphatic carbocycles. The molecule has 138 valence electrons. The third kappa shape index (κ3) is 2.93. The van der Waals surface area contributed by atoms with Gasteiger partial charge >= 0.3 is 0 Å². The summed E-state index contributed by atoms with van der Waals surface area (Å²) in [4.78, 5) is 15.2. The first-order valence-electron chi connectivity index (χ1n) is 9.83. The van der Waals surface area contributed by atoms with E-state index >= 15 is 0 Å². The molecule has 26 heavy (non-hydrogen) atoms. The van der Waals surface area contributed by atoms with Crippen LogP contribution >= 0.6 is 0 Å². The molecule has 1 amide bonds. The van der Waals surface area contributed by atoms with Crippen LogP contribution in [0.5, 0.6) is 0 Å². The predicted octanol–water partition coefficient (Wildman–Crippen LogP) is 3.34. The van der Waals surface area contributed by atoms with Crippen molar-refractivity contribution in [2.24, 2.45) is 5.41 Å². The Balaban J connectivity index is 1.58. The standard InChI is InChI=1S/C21H28N4O/c1-3-24-15-22-23-20(24)18-13-25(14-21(18)10-6-7-11-21)19(26)12-17-9-5-4-8-16(17)2/h4-5,8-9,15,18H,3,6-7,10-14H2,1-2H3. The molecule has 1 saturated heterocycles. The molecule has 5 nitrogen and oxygen atoms in total. The number of aromatic nitrogens is 3. The third-order valence-corrected chi connectivity index (χ3v) is 6.50. The molecule has 2 aliphatic rings. The molecule has 1 aliphatic heterocycles. The summed E-state index contributed by atoms with van der Waals surface area (Å²) in [6.07, 6.45) is 7.24. The summed E-state index contributed by atoms with van der Waals surface area (Å²) in [7, 11) is 0. The molecule has 5 heteroatoms. The van der Waals surface area contributed by atoms with Crippen molar-refractivity contribution in [1.29, 1.82) is 0 Å². The molecule has 1 unspecified atom stereocenters. The van der Waals surface area contributed by atoms with Gasteiger partial charge in [-0.1, -0.05) is 37.1 Å². The van der Waals surface area contributed by atoms with Crippen LogP contribution in [-0.2, 0) is 17.8 Å². The molecule has 2 heterocycles. The molecule has 4 rings (SSSR count). The Morgan fingerprint density at radius 3 is 2.77 bits per heavy atom. The maximum atomic E-state index is 13.1. The number of hydrogen-bond donors (Lipinski definition) is 0. The van der Waals surface area contributed by atoms with Gasteiger partial charge in [-0.25, -0.2) is 0 Å². The van der Waals surface area contributed by atoms with E-state index in [0.717, 1.165) is 31.0 Å². The fourth-order valence-corrected chi connectivity index (χ4v) is 4.96. The first-order chi connectivity index (χ1) is 12.6. The van der Waals surface area contributed by atoms with Gasteiger partial charge in [0.1, 0.15) is 12.2 Å². The number of benzene rings is 1. The number of carbonyl (C=O) groups is 1. The van der Waals surface area contributed by atoms with Gasteiger partial charge in [-0.3, -0.25) is 4.79 Å². The van der Waals surface area contributed by atoms with Gasteiger partial charge in [-0.05, 0) is 43.2 Å². The minimum absolute atomic E-state index is 0.196. The highest BCUT2D eigenvalue weighted by Gasteiger charge is 2.51. The summed E-state index contributed by atoms with van der Waals surface area (Å²) in [6.45, 7) is 6.75. The second-order valence-electron chi connectivity index (χ2n) is 7.97. The molecular weight excluding hydrogens is 324 g/mol. The number of aryl methyl sites for hydroxylation is 2. The molecule has 2 fully saturated rings. The van der Waals surface area contributed by atoms with Gasteiger partial charge in [-0.2, -0.15) is 0 Å². The molecule has 2 aromatic rings. The van der Waals surface area contributed by atoms with Crippen molar-refractivity contribution >= 4 is 5.91 Å². The topological polar surface area (TPSA) is 51.0 Å². The minimum Gasteiger partial charge on any atom is -0.341 e. The van der Waals surface area contributed by atoms with Gasteiger partial charge in [0.15, 0.2) is 0 Å². The van der Waals surface area contributed by atoms with Gasteiger partial charge in [-0.15, -0.1) is 10.2 Å². The molecule has 1 atom stereocenters. The quantitative estimate of drug-likeness (QED) is 0.848. The molecule has 1 saturated carbocycles. The number of nitrogens with zero attached hydrogens (tertiary/aromatic N) is 4. The van der Waals surface area contributed by atoms with Crippen LogP contribution < -0.4 is 0 Å². The van der Waals surface area contributed by atoms with Crippen LogP contribution in [0, 0.1) is 12.3 Å². The summed E-state index contributed by atoms with van der Waals surface area (Å²) in [6, 6.07) is 8.20. The number of carbonyl (C=O) groups excluding carboxylic acids is 1. The highest BCUT2D eigenvalue weighted by molar-refractivity contribution is 5.79. The summed E-state index contributed by atoms with van der Waals surface area (Å²) in [5.74, 6) is 1.63. The van der Waals surface area contributed by atoms with Gasteiger partial charge in [0.25, 0.3) is 0 Å². The van der Waals surface area contributed by atoms with Crippen molar-refractivity contribution in [3.8, 4) is 0 Å². The summed E-state index contributed by atoms with van der Waals surface area (Å²) >= 11 is 0. The van der Waals surface area contributed by atoms with Crippen molar-refractivity contribution in [1.82, 2.24) is 19.7 Å². The Kier molecular flexibility index (Phi) is 4.55. The van der Waals surface area contributed by atoms with E-state index in [0.29, 0.717) is 12.3 Å². The largest absolute Gasteiger partial charge is 0.341 e. The zero-order valence-electron chi connectivity index (χ0n) is 15.8. The monoisotopic (exact) mass is 352 g/mol. The van der Waals surface area contributed by atoms with Gasteiger partial charge in [0.2, 0.25) is 5.91 Å². The van der Waals surface area contributed by atoms with Crippen molar-refractivity contribution in [3.05, 3.63) is 47.5 Å². The summed E-state index contributed by atoms with van der Waals surface area (Å²) in [5.41, 5.74) is 2.53. The molecule has 1 aromatic carbocycles. The first-order valence-corrected chi connectivity index (χ1v) is 9.83. The third-order valence-electron chi connectivity index (χ3n) is 6.50. The van der Waals surface area contributed by atoms with E-state index in [-0.39, 0.29) is 11.3 Å². The average Bonchev–Trinajstić information content (AvgIpc) is 3.37. The lowest BCUT2D eigenvalue weighted by molar-refractivity contribution is -0.129. The molecular formula is C21H28N4O. The lowest BCUT2D eigenvalue weighted by Gasteiger charge is -2.29. The van der Waals surface area contributed by atoms with Crippen molar-refractivity contribution in [2.45, 2.75) is 58.4 Å². The normalized spacial score (nSPS) is 21.6. The van der Waals surface area contributed by atoms with Crippen molar-refractivity contribution in [2.75, 3.05) is 13.1 Å². The van der Waals surface area contributed by atoms with Gasteiger partial charge in [0.05, 0.1) is 6.42 Å². The number of rotatable bonds is 4. The second kappa shape index (κ2) is 6.86. The highest BCUT2D eigenvalue weighted by Crippen LogP contribution is 2.53. The molecule has 0 N–H and O–H groups in total. The van der Waals surface area contributed by atoms with E-state index < -0.39 is 0 Å². The second-order valence-corrected chi connectivity index (χ2v) is 7.97. The first kappa shape index (κ1) is 17.3. The molecule has 1 spiro atoms. The molecule has 1 aromatic heterocycles. The minimum atomic E-state index is 0.196. The Bertz CT molecular complexity index is 791. The fourth-order valence-electron chi connectivity index (χ4n) is 4.96. The maximum absolute atomic E-state index is 13.1. The lowest BCUT2D eigenvalue weighted by Crippen LogP contribution is -2.32. The zero-order valence-corrected chi connectivity index (χ0v) is 15.8. The van der Waals surface area contributed by atoms with E-state index in [4.69, 9.17) is 0 Å². The van der Waals surface area contributed by atoms with Crippen LogP contribution in [0.1, 0.15) is 55.5 Å². The van der Waals surface area contributed by atoms with E-state index in [1.165, 1.54) is 31.2 Å². The molecule has 0 bridgehead atoms. The van der Waals surface area contributed by atoms with Crippen molar-refractivity contribution < 1.29 is 4.79 Å². The van der Waals surface area contributed by atoms with Crippen LogP contribution in [0.4, 0.5) is 0 Å². The van der Waals surface area contributed by atoms with E-state index in [9.17, 15) is 4.79 Å². The number of amides is 1. The predicted molar refractivity (Wildman–Crippen MR) is 101 cm³/mol. The van der Waals surface area contributed by atoms with E-state index in [2.05, 4.69) is 45.6 Å². The van der Waals surface area contributed by atoms with Crippen LogP contribution in [0.15, 0.2) is 30.6 Å². The van der Waals surface area contributed by atoms with Gasteiger partial charge in [0, 0.05) is 25.6 Å². The van der Waals surface area contributed by atoms with Crippen LogP contribution in [0.2, 0.25) is 0 Å². The van der Waals surface area contributed by atoms with Gasteiger partial charge < -0.3 is 9.47 Å². The van der Waals surface area contributed by atoms with E-state index in [1.807, 2.05) is 18.5 Å². The Hall–Kier alpha value is -2.17. The average molecular weight is 352 g/mol. The van der Waals surface area contributed by atoms with E-state index in [1.54, 1.807) is 0 Å². The van der Waals surface area contributed by atoms with Crippen molar-refractivity contribution in [3.63, 3.8) is 0 Å². The highest BCUT2D eigenvalue weighted by atomic mass is 16.2. The Morgan fingerprint density at radius 2 is 2.04 bits per heavy atom. The summed E-state index contributed by atoms with van der Waals surface area (Å²) in [5, 5.41) is 8.61. The Morgan fingerprint density at radius 1 is 1.27 bits per heavy atom. The summed E-state index contributed by atoms with van der Waals surface area (Å²) < 4.78 is 2.15. The number of hydrogen-bond acceptors (Lipinski definition) is 3. The Labute approximate surface area is 155 Å². The number of likely N-dealkylation sites (tertiary alicyclic amines) is 1.